The molecule has 0 aliphatic heterocycles. The van der Waals surface area contributed by atoms with E-state index in [9.17, 15) is 19.7 Å². The number of nitro groups is 1. The van der Waals surface area contributed by atoms with Crippen molar-refractivity contribution in [3.8, 4) is 11.1 Å². The SMILES string of the molecule is Cn1c(=O)c(-c2ccc([N+](=O)[O-])cc2)c(C(=O)c2ccccc2)c2ccccc21. The van der Waals surface area contributed by atoms with Gasteiger partial charge in [0, 0.05) is 35.7 Å². The number of para-hydroxylation sites is 1. The molecule has 0 unspecified atom stereocenters. The average Bonchev–Trinajstić information content (AvgIpc) is 2.76. The Morgan fingerprint density at radius 1 is 0.897 bits per heavy atom. The van der Waals surface area contributed by atoms with Crippen LogP contribution < -0.4 is 5.56 Å². The van der Waals surface area contributed by atoms with E-state index < -0.39 is 4.92 Å². The van der Waals surface area contributed by atoms with E-state index in [0.29, 0.717) is 27.6 Å². The number of fused-ring (bicyclic) bond motifs is 1. The summed E-state index contributed by atoms with van der Waals surface area (Å²) in [5.74, 6) is -0.271. The number of nitrogens with zero attached hydrogens (tertiary/aromatic N) is 2. The Hall–Kier alpha value is -4.06. The van der Waals surface area contributed by atoms with Crippen LogP contribution in [0, 0.1) is 10.1 Å². The van der Waals surface area contributed by atoms with Crippen LogP contribution in [0.2, 0.25) is 0 Å². The Labute approximate surface area is 165 Å². The number of hydrogen-bond acceptors (Lipinski definition) is 4. The van der Waals surface area contributed by atoms with Crippen LogP contribution in [0.3, 0.4) is 0 Å². The van der Waals surface area contributed by atoms with Crippen molar-refractivity contribution in [2.75, 3.05) is 0 Å². The van der Waals surface area contributed by atoms with E-state index in [4.69, 9.17) is 0 Å². The van der Waals surface area contributed by atoms with Gasteiger partial charge in [0.15, 0.2) is 5.78 Å². The molecule has 0 radical (unpaired) electrons. The first-order chi connectivity index (χ1) is 14.0. The third-order valence-corrected chi connectivity index (χ3v) is 4.93. The van der Waals surface area contributed by atoms with Gasteiger partial charge in [0.1, 0.15) is 0 Å². The summed E-state index contributed by atoms with van der Waals surface area (Å²) >= 11 is 0. The van der Waals surface area contributed by atoms with Crippen LogP contribution in [-0.2, 0) is 7.05 Å². The van der Waals surface area contributed by atoms with Crippen LogP contribution in [0.1, 0.15) is 15.9 Å². The van der Waals surface area contributed by atoms with Crippen LogP contribution in [0.25, 0.3) is 22.0 Å². The first kappa shape index (κ1) is 18.3. The zero-order valence-electron chi connectivity index (χ0n) is 15.5. The lowest BCUT2D eigenvalue weighted by atomic mass is 9.91. The van der Waals surface area contributed by atoms with E-state index in [-0.39, 0.29) is 22.6 Å². The van der Waals surface area contributed by atoms with Gasteiger partial charge in [0.05, 0.1) is 16.0 Å². The molecule has 0 bridgehead atoms. The van der Waals surface area contributed by atoms with Crippen LogP contribution in [-0.4, -0.2) is 15.3 Å². The largest absolute Gasteiger partial charge is 0.311 e. The lowest BCUT2D eigenvalue weighted by Gasteiger charge is -2.15. The number of ketones is 1. The summed E-state index contributed by atoms with van der Waals surface area (Å²) in [5, 5.41) is 11.6. The second-order valence-electron chi connectivity index (χ2n) is 6.63. The van der Waals surface area contributed by atoms with Crippen LogP contribution in [0.5, 0.6) is 0 Å². The van der Waals surface area contributed by atoms with E-state index in [1.54, 1.807) is 43.4 Å². The highest BCUT2D eigenvalue weighted by Crippen LogP contribution is 2.30. The van der Waals surface area contributed by atoms with Gasteiger partial charge in [0.25, 0.3) is 11.2 Å². The third-order valence-electron chi connectivity index (χ3n) is 4.93. The smallest absolute Gasteiger partial charge is 0.269 e. The normalized spacial score (nSPS) is 10.8. The van der Waals surface area contributed by atoms with Gasteiger partial charge in [-0.15, -0.1) is 0 Å². The van der Waals surface area contributed by atoms with Crippen molar-refractivity contribution in [1.29, 1.82) is 0 Å². The zero-order chi connectivity index (χ0) is 20.5. The standard InChI is InChI=1S/C23H16N2O4/c1-24-19-10-6-5-9-18(19)21(22(26)16-7-3-2-4-8-16)20(23(24)27)15-11-13-17(14-12-15)25(28)29/h2-14H,1H3. The highest BCUT2D eigenvalue weighted by molar-refractivity contribution is 6.19. The molecule has 1 aromatic heterocycles. The number of non-ortho nitro benzene ring substituents is 1. The van der Waals surface area contributed by atoms with Gasteiger partial charge in [-0.05, 0) is 23.8 Å². The topological polar surface area (TPSA) is 82.2 Å². The number of hydrogen-bond donors (Lipinski definition) is 0. The molecule has 0 aliphatic rings. The van der Waals surface area contributed by atoms with Gasteiger partial charge in [-0.1, -0.05) is 48.5 Å². The van der Waals surface area contributed by atoms with E-state index in [2.05, 4.69) is 0 Å². The molecule has 0 amide bonds. The van der Waals surface area contributed by atoms with Gasteiger partial charge in [-0.2, -0.15) is 0 Å². The van der Waals surface area contributed by atoms with Gasteiger partial charge in [-0.25, -0.2) is 0 Å². The predicted octanol–water partition coefficient (Wildman–Crippen LogP) is 4.34. The maximum absolute atomic E-state index is 13.4. The Kier molecular flexibility index (Phi) is 4.52. The molecule has 6 nitrogen and oxygen atoms in total. The second-order valence-corrected chi connectivity index (χ2v) is 6.63. The Morgan fingerprint density at radius 2 is 1.52 bits per heavy atom. The molecule has 0 spiro atoms. The van der Waals surface area contributed by atoms with Gasteiger partial charge < -0.3 is 4.57 Å². The van der Waals surface area contributed by atoms with Gasteiger partial charge >= 0.3 is 0 Å². The number of benzene rings is 3. The van der Waals surface area contributed by atoms with Crippen molar-refractivity contribution < 1.29 is 9.72 Å². The Morgan fingerprint density at radius 3 is 2.17 bits per heavy atom. The fourth-order valence-electron chi connectivity index (χ4n) is 3.48. The summed E-state index contributed by atoms with van der Waals surface area (Å²) in [6.07, 6.45) is 0. The molecule has 6 heteroatoms. The van der Waals surface area contributed by atoms with Crippen molar-refractivity contribution in [3.63, 3.8) is 0 Å². The molecule has 0 aliphatic carbocycles. The minimum atomic E-state index is -0.502. The number of nitro benzene ring substituents is 1. The first-order valence-corrected chi connectivity index (χ1v) is 8.95. The van der Waals surface area contributed by atoms with Crippen molar-refractivity contribution in [2.45, 2.75) is 0 Å². The number of carbonyl (C=O) groups is 1. The summed E-state index contributed by atoms with van der Waals surface area (Å²) < 4.78 is 1.49. The number of pyridine rings is 1. The molecule has 0 fully saturated rings. The number of aryl methyl sites for hydroxylation is 1. The van der Waals surface area contributed by atoms with Crippen LogP contribution in [0.4, 0.5) is 5.69 Å². The number of carbonyl (C=O) groups excluding carboxylic acids is 1. The molecule has 4 aromatic rings. The molecule has 0 atom stereocenters. The third kappa shape index (κ3) is 3.10. The van der Waals surface area contributed by atoms with Crippen LogP contribution in [0.15, 0.2) is 83.7 Å². The van der Waals surface area contributed by atoms with E-state index in [0.717, 1.165) is 0 Å². The fourth-order valence-corrected chi connectivity index (χ4v) is 3.48. The molecular formula is C23H16N2O4. The minimum Gasteiger partial charge on any atom is -0.311 e. The molecule has 0 saturated carbocycles. The highest BCUT2D eigenvalue weighted by Gasteiger charge is 2.23. The maximum atomic E-state index is 13.4. The molecule has 0 saturated heterocycles. The lowest BCUT2D eigenvalue weighted by molar-refractivity contribution is -0.384. The Bertz CT molecular complexity index is 1310. The molecular weight excluding hydrogens is 368 g/mol. The first-order valence-electron chi connectivity index (χ1n) is 8.95. The molecule has 29 heavy (non-hydrogen) atoms. The zero-order valence-corrected chi connectivity index (χ0v) is 15.5. The molecule has 3 aromatic carbocycles. The van der Waals surface area contributed by atoms with Gasteiger partial charge in [0.2, 0.25) is 0 Å². The lowest BCUT2D eigenvalue weighted by Crippen LogP contribution is -2.23. The molecule has 142 valence electrons. The predicted molar refractivity (Wildman–Crippen MR) is 111 cm³/mol. The van der Waals surface area contributed by atoms with Crippen molar-refractivity contribution in [1.82, 2.24) is 4.57 Å². The van der Waals surface area contributed by atoms with E-state index in [1.807, 2.05) is 18.2 Å². The van der Waals surface area contributed by atoms with E-state index >= 15 is 0 Å². The monoisotopic (exact) mass is 384 g/mol. The summed E-state index contributed by atoms with van der Waals surface area (Å²) in [4.78, 5) is 37.2. The van der Waals surface area contributed by atoms with Crippen molar-refractivity contribution in [2.24, 2.45) is 7.05 Å². The summed E-state index contributed by atoms with van der Waals surface area (Å²) in [7, 11) is 1.65. The van der Waals surface area contributed by atoms with Crippen molar-refractivity contribution in [3.05, 3.63) is 110 Å². The summed E-state index contributed by atoms with van der Waals surface area (Å²) in [5.41, 5.74) is 1.68. The molecule has 1 heterocycles. The highest BCUT2D eigenvalue weighted by atomic mass is 16.6. The second kappa shape index (κ2) is 7.16. The number of aromatic nitrogens is 1. The maximum Gasteiger partial charge on any atom is 0.269 e. The van der Waals surface area contributed by atoms with Crippen molar-refractivity contribution >= 4 is 22.4 Å². The molecule has 4 rings (SSSR count). The number of rotatable bonds is 4. The molecule has 0 N–H and O–H groups in total. The fraction of sp³-hybridized carbons (Fsp3) is 0.0435. The van der Waals surface area contributed by atoms with Gasteiger partial charge in [-0.3, -0.25) is 19.7 Å². The summed E-state index contributed by atoms with van der Waals surface area (Å²) in [6, 6.07) is 21.6. The Balaban J connectivity index is 2.08. The average molecular weight is 384 g/mol. The summed E-state index contributed by atoms with van der Waals surface area (Å²) in [6.45, 7) is 0. The minimum absolute atomic E-state index is 0.0812. The van der Waals surface area contributed by atoms with E-state index in [1.165, 1.54) is 28.8 Å². The van der Waals surface area contributed by atoms with Crippen LogP contribution >= 0.6 is 0 Å². The quantitative estimate of drug-likeness (QED) is 0.298.